The number of anilines is 1. The molecular weight excluding hydrogens is 492 g/mol. The number of hydrogen-bond acceptors (Lipinski definition) is 8. The second-order valence-corrected chi connectivity index (χ2v) is 7.59. The summed E-state index contributed by atoms with van der Waals surface area (Å²) in [5.41, 5.74) is 3.38. The van der Waals surface area contributed by atoms with Gasteiger partial charge in [-0.2, -0.15) is 5.10 Å². The number of nitro groups is 1. The first-order valence-corrected chi connectivity index (χ1v) is 10.6. The number of hydrogen-bond donors (Lipinski definition) is 2. The molecule has 0 saturated heterocycles. The van der Waals surface area contributed by atoms with Crippen LogP contribution in [0.15, 0.2) is 71.8 Å². The third kappa shape index (κ3) is 6.64. The van der Waals surface area contributed by atoms with Crippen LogP contribution in [0.1, 0.15) is 22.8 Å². The Labute approximate surface area is 209 Å². The fourth-order valence-electron chi connectivity index (χ4n) is 2.83. The molecule has 0 aromatic heterocycles. The van der Waals surface area contributed by atoms with Crippen molar-refractivity contribution in [1.82, 2.24) is 5.43 Å². The summed E-state index contributed by atoms with van der Waals surface area (Å²) >= 11 is 5.79. The number of nitro benzene ring substituents is 1. The molecule has 0 aliphatic heterocycles. The molecule has 0 atom stereocenters. The predicted octanol–water partition coefficient (Wildman–Crippen LogP) is 3.95. The number of carbonyl (C=O) groups is 3. The number of nitrogens with one attached hydrogen (secondary N) is 2. The molecule has 0 fully saturated rings. The maximum absolute atomic E-state index is 12.4. The van der Waals surface area contributed by atoms with Gasteiger partial charge in [0.2, 0.25) is 0 Å². The number of halogens is 1. The fourth-order valence-corrected chi connectivity index (χ4v) is 2.95. The summed E-state index contributed by atoms with van der Waals surface area (Å²) < 4.78 is 10.6. The Morgan fingerprint density at radius 2 is 1.56 bits per heavy atom. The molecule has 184 valence electrons. The molecule has 0 heterocycles. The van der Waals surface area contributed by atoms with Crippen LogP contribution in [0.5, 0.6) is 11.5 Å². The number of methoxy groups -OCH3 is 1. The molecule has 2 N–H and O–H groups in total. The molecular formula is C24H19ClN4O7. The van der Waals surface area contributed by atoms with E-state index in [1.165, 1.54) is 43.5 Å². The smallest absolute Gasteiger partial charge is 0.343 e. The van der Waals surface area contributed by atoms with Gasteiger partial charge in [0.15, 0.2) is 11.5 Å². The van der Waals surface area contributed by atoms with Gasteiger partial charge < -0.3 is 14.8 Å². The van der Waals surface area contributed by atoms with Crippen LogP contribution in [-0.4, -0.2) is 35.5 Å². The standard InChI is InChI=1S/C24H19ClN4O7/c1-14(27-28-23(31)22(30)26-18-8-6-17(25)7-9-18)16-5-12-20(21(13-16)35-2)36-24(32)15-3-10-19(11-4-15)29(33)34/h3-13H,1-2H3,(H,26,30)(H,28,31)/b27-14+. The van der Waals surface area contributed by atoms with Crippen LogP contribution in [0.2, 0.25) is 5.02 Å². The number of non-ortho nitro benzene ring substituents is 1. The maximum atomic E-state index is 12.4. The lowest BCUT2D eigenvalue weighted by Gasteiger charge is -2.11. The van der Waals surface area contributed by atoms with Crippen molar-refractivity contribution in [3.8, 4) is 11.5 Å². The zero-order chi connectivity index (χ0) is 26.2. The minimum atomic E-state index is -0.982. The number of amides is 2. The van der Waals surface area contributed by atoms with E-state index in [0.717, 1.165) is 0 Å². The number of esters is 1. The molecule has 0 radical (unpaired) electrons. The summed E-state index contributed by atoms with van der Waals surface area (Å²) in [7, 11) is 1.37. The summed E-state index contributed by atoms with van der Waals surface area (Å²) in [6, 6.07) is 15.7. The molecule has 3 aromatic rings. The van der Waals surface area contributed by atoms with E-state index in [2.05, 4.69) is 15.8 Å². The average molecular weight is 511 g/mol. The van der Waals surface area contributed by atoms with Crippen LogP contribution in [0, 0.1) is 10.1 Å². The first-order valence-electron chi connectivity index (χ1n) is 10.2. The maximum Gasteiger partial charge on any atom is 0.343 e. The number of hydrazone groups is 1. The number of rotatable bonds is 7. The largest absolute Gasteiger partial charge is 0.493 e. The molecule has 36 heavy (non-hydrogen) atoms. The minimum absolute atomic E-state index is 0.101. The molecule has 0 spiro atoms. The summed E-state index contributed by atoms with van der Waals surface area (Å²) in [6.45, 7) is 1.59. The molecule has 11 nitrogen and oxygen atoms in total. The number of ether oxygens (including phenoxy) is 2. The average Bonchev–Trinajstić information content (AvgIpc) is 2.88. The molecule has 0 unspecified atom stereocenters. The Bertz CT molecular complexity index is 1340. The van der Waals surface area contributed by atoms with Crippen molar-refractivity contribution in [3.63, 3.8) is 0 Å². The van der Waals surface area contributed by atoms with E-state index in [0.29, 0.717) is 22.0 Å². The zero-order valence-electron chi connectivity index (χ0n) is 19.0. The van der Waals surface area contributed by atoms with Crippen LogP contribution >= 0.6 is 11.6 Å². The van der Waals surface area contributed by atoms with Gasteiger partial charge in [-0.05, 0) is 61.5 Å². The highest BCUT2D eigenvalue weighted by molar-refractivity contribution is 6.39. The highest BCUT2D eigenvalue weighted by Crippen LogP contribution is 2.29. The van der Waals surface area contributed by atoms with Gasteiger partial charge in [-0.15, -0.1) is 0 Å². The van der Waals surface area contributed by atoms with Gasteiger partial charge >= 0.3 is 17.8 Å². The summed E-state index contributed by atoms with van der Waals surface area (Å²) in [5.74, 6) is -2.34. The SMILES string of the molecule is COc1cc(/C(C)=N/NC(=O)C(=O)Nc2ccc(Cl)cc2)ccc1OC(=O)c1ccc([N+](=O)[O-])cc1. The van der Waals surface area contributed by atoms with Crippen LogP contribution < -0.4 is 20.2 Å². The Morgan fingerprint density at radius 1 is 0.917 bits per heavy atom. The van der Waals surface area contributed by atoms with Crippen molar-refractivity contribution in [3.05, 3.63) is 93.0 Å². The zero-order valence-corrected chi connectivity index (χ0v) is 19.7. The van der Waals surface area contributed by atoms with Gasteiger partial charge in [0.05, 0.1) is 23.3 Å². The second kappa shape index (κ2) is 11.6. The predicted molar refractivity (Wildman–Crippen MR) is 131 cm³/mol. The fraction of sp³-hybridized carbons (Fsp3) is 0.0833. The van der Waals surface area contributed by atoms with Gasteiger partial charge in [0, 0.05) is 28.4 Å². The van der Waals surface area contributed by atoms with E-state index >= 15 is 0 Å². The Balaban J connectivity index is 1.65. The first-order chi connectivity index (χ1) is 17.2. The molecule has 0 aliphatic carbocycles. The molecule has 3 aromatic carbocycles. The first kappa shape index (κ1) is 25.8. The molecule has 0 saturated carbocycles. The van der Waals surface area contributed by atoms with E-state index in [4.69, 9.17) is 21.1 Å². The lowest BCUT2D eigenvalue weighted by Crippen LogP contribution is -2.32. The molecule has 0 bridgehead atoms. The second-order valence-electron chi connectivity index (χ2n) is 7.16. The van der Waals surface area contributed by atoms with Gasteiger partial charge in [-0.1, -0.05) is 11.6 Å². The molecule has 2 amide bonds. The Morgan fingerprint density at radius 3 is 2.17 bits per heavy atom. The highest BCUT2D eigenvalue weighted by Gasteiger charge is 2.16. The van der Waals surface area contributed by atoms with E-state index in [1.807, 2.05) is 0 Å². The van der Waals surface area contributed by atoms with Crippen molar-refractivity contribution in [1.29, 1.82) is 0 Å². The monoisotopic (exact) mass is 510 g/mol. The number of benzene rings is 3. The summed E-state index contributed by atoms with van der Waals surface area (Å²) in [4.78, 5) is 46.7. The van der Waals surface area contributed by atoms with Crippen molar-refractivity contribution in [2.24, 2.45) is 5.10 Å². The Hall–Kier alpha value is -4.77. The third-order valence-corrected chi connectivity index (χ3v) is 4.98. The summed E-state index contributed by atoms with van der Waals surface area (Å²) in [6.07, 6.45) is 0. The van der Waals surface area contributed by atoms with Crippen LogP contribution in [0.3, 0.4) is 0 Å². The van der Waals surface area contributed by atoms with E-state index < -0.39 is 22.7 Å². The van der Waals surface area contributed by atoms with Gasteiger partial charge in [-0.3, -0.25) is 19.7 Å². The number of carbonyl (C=O) groups excluding carboxylic acids is 3. The van der Waals surface area contributed by atoms with E-state index in [1.54, 1.807) is 37.3 Å². The van der Waals surface area contributed by atoms with E-state index in [9.17, 15) is 24.5 Å². The van der Waals surface area contributed by atoms with Crippen molar-refractivity contribution < 1.29 is 28.8 Å². The summed E-state index contributed by atoms with van der Waals surface area (Å²) in [5, 5.41) is 17.6. The van der Waals surface area contributed by atoms with Crippen molar-refractivity contribution >= 4 is 46.5 Å². The van der Waals surface area contributed by atoms with Gasteiger partial charge in [0.1, 0.15) is 0 Å². The quantitative estimate of drug-likeness (QED) is 0.122. The number of nitrogens with zero attached hydrogens (tertiary/aromatic N) is 2. The van der Waals surface area contributed by atoms with Crippen LogP contribution in [0.4, 0.5) is 11.4 Å². The minimum Gasteiger partial charge on any atom is -0.493 e. The normalized spacial score (nSPS) is 10.8. The molecule has 12 heteroatoms. The lowest BCUT2D eigenvalue weighted by molar-refractivity contribution is -0.384. The van der Waals surface area contributed by atoms with Crippen LogP contribution in [0.25, 0.3) is 0 Å². The third-order valence-electron chi connectivity index (χ3n) is 4.73. The highest BCUT2D eigenvalue weighted by atomic mass is 35.5. The van der Waals surface area contributed by atoms with Crippen LogP contribution in [-0.2, 0) is 9.59 Å². The topological polar surface area (TPSA) is 149 Å². The van der Waals surface area contributed by atoms with Gasteiger partial charge in [0.25, 0.3) is 5.69 Å². The van der Waals surface area contributed by atoms with Crippen molar-refractivity contribution in [2.45, 2.75) is 6.92 Å². The molecule has 0 aliphatic rings. The van der Waals surface area contributed by atoms with Crippen molar-refractivity contribution in [2.75, 3.05) is 12.4 Å². The lowest BCUT2D eigenvalue weighted by atomic mass is 10.1. The van der Waals surface area contributed by atoms with E-state index in [-0.39, 0.29) is 22.7 Å². The Kier molecular flexibility index (Phi) is 8.31. The van der Waals surface area contributed by atoms with Gasteiger partial charge in [-0.25, -0.2) is 10.2 Å². The molecule has 3 rings (SSSR count).